The molecule has 1 aliphatic rings. The predicted molar refractivity (Wildman–Crippen MR) is 93.3 cm³/mol. The third-order valence-corrected chi connectivity index (χ3v) is 5.51. The summed E-state index contributed by atoms with van der Waals surface area (Å²) in [5, 5.41) is 5.02. The van der Waals surface area contributed by atoms with Crippen LogP contribution in [0.2, 0.25) is 10.0 Å². The van der Waals surface area contributed by atoms with Crippen LogP contribution in [0.4, 0.5) is 0 Å². The van der Waals surface area contributed by atoms with Crippen LogP contribution in [-0.4, -0.2) is 13.6 Å². The Kier molecular flexibility index (Phi) is 6.85. The van der Waals surface area contributed by atoms with E-state index in [1.54, 1.807) is 0 Å². The fraction of sp³-hybridized carbons (Fsp3) is 0.667. The molecule has 21 heavy (non-hydrogen) atoms. The van der Waals surface area contributed by atoms with Crippen LogP contribution in [0.3, 0.4) is 0 Å². The molecule has 3 heteroatoms. The molecule has 1 N–H and O–H groups in total. The van der Waals surface area contributed by atoms with Crippen LogP contribution in [0, 0.1) is 17.8 Å². The first-order valence-corrected chi connectivity index (χ1v) is 8.98. The van der Waals surface area contributed by atoms with Gasteiger partial charge < -0.3 is 5.32 Å². The highest BCUT2D eigenvalue weighted by Crippen LogP contribution is 2.39. The molecule has 1 nitrogen and oxygen atoms in total. The molecule has 3 atom stereocenters. The number of rotatable bonds is 6. The lowest BCUT2D eigenvalue weighted by atomic mass is 9.70. The smallest absolute Gasteiger partial charge is 0.0439 e. The molecule has 0 bridgehead atoms. The fourth-order valence-electron chi connectivity index (χ4n) is 3.86. The zero-order valence-electron chi connectivity index (χ0n) is 13.2. The van der Waals surface area contributed by atoms with E-state index in [4.69, 9.17) is 23.2 Å². The van der Waals surface area contributed by atoms with Crippen LogP contribution in [0.1, 0.15) is 44.6 Å². The Morgan fingerprint density at radius 3 is 2.71 bits per heavy atom. The monoisotopic (exact) mass is 327 g/mol. The second-order valence-electron chi connectivity index (χ2n) is 6.49. The summed E-state index contributed by atoms with van der Waals surface area (Å²) in [4.78, 5) is 0. The molecule has 0 spiro atoms. The van der Waals surface area contributed by atoms with E-state index in [0.717, 1.165) is 40.8 Å². The molecule has 1 aliphatic carbocycles. The van der Waals surface area contributed by atoms with Gasteiger partial charge in [0, 0.05) is 10.0 Å². The van der Waals surface area contributed by atoms with Crippen molar-refractivity contribution in [2.45, 2.75) is 45.4 Å². The summed E-state index contributed by atoms with van der Waals surface area (Å²) in [5.74, 6) is 2.38. The normalized spacial score (nSPS) is 26.0. The van der Waals surface area contributed by atoms with Crippen LogP contribution >= 0.6 is 23.2 Å². The van der Waals surface area contributed by atoms with E-state index in [1.165, 1.54) is 37.7 Å². The van der Waals surface area contributed by atoms with Gasteiger partial charge in [0.2, 0.25) is 0 Å². The van der Waals surface area contributed by atoms with Crippen molar-refractivity contribution in [1.82, 2.24) is 5.32 Å². The van der Waals surface area contributed by atoms with E-state index in [9.17, 15) is 0 Å². The molecular formula is C18H27Cl2N. The molecule has 0 aromatic heterocycles. The molecule has 1 aromatic carbocycles. The molecule has 0 radical (unpaired) electrons. The topological polar surface area (TPSA) is 12.0 Å². The Morgan fingerprint density at radius 2 is 2.00 bits per heavy atom. The molecular weight excluding hydrogens is 301 g/mol. The number of nitrogens with one attached hydrogen (secondary N) is 1. The number of halogens is 2. The van der Waals surface area contributed by atoms with Crippen molar-refractivity contribution in [2.75, 3.05) is 13.6 Å². The summed E-state index contributed by atoms with van der Waals surface area (Å²) in [5.41, 5.74) is 1.22. The maximum Gasteiger partial charge on any atom is 0.0439 e. The summed E-state index contributed by atoms with van der Waals surface area (Å²) in [6, 6.07) is 5.85. The van der Waals surface area contributed by atoms with Crippen LogP contribution in [0.5, 0.6) is 0 Å². The molecule has 1 saturated carbocycles. The number of hydrogen-bond acceptors (Lipinski definition) is 1. The average Bonchev–Trinajstić information content (AvgIpc) is 2.46. The Balaban J connectivity index is 2.09. The number of benzene rings is 1. The summed E-state index contributed by atoms with van der Waals surface area (Å²) >= 11 is 12.5. The van der Waals surface area contributed by atoms with Gasteiger partial charge in [-0.15, -0.1) is 0 Å². The minimum Gasteiger partial charge on any atom is -0.319 e. The highest BCUT2D eigenvalue weighted by atomic mass is 35.5. The Bertz CT molecular complexity index is 447. The molecule has 1 aromatic rings. The lowest BCUT2D eigenvalue weighted by Crippen LogP contribution is -2.33. The fourth-order valence-corrected chi connectivity index (χ4v) is 4.25. The molecule has 0 amide bonds. The summed E-state index contributed by atoms with van der Waals surface area (Å²) in [6.07, 6.45) is 7.79. The van der Waals surface area contributed by atoms with E-state index < -0.39 is 0 Å². The Morgan fingerprint density at radius 1 is 1.19 bits per heavy atom. The van der Waals surface area contributed by atoms with Crippen molar-refractivity contribution in [3.05, 3.63) is 33.8 Å². The second kappa shape index (κ2) is 8.41. The van der Waals surface area contributed by atoms with Gasteiger partial charge in [-0.25, -0.2) is 0 Å². The molecule has 118 valence electrons. The molecule has 0 heterocycles. The molecule has 2 rings (SSSR count). The molecule has 0 saturated heterocycles. The number of hydrogen-bond donors (Lipinski definition) is 1. The molecule has 1 fully saturated rings. The van der Waals surface area contributed by atoms with Crippen LogP contribution in [-0.2, 0) is 6.42 Å². The van der Waals surface area contributed by atoms with Gasteiger partial charge in [0.1, 0.15) is 0 Å². The first-order chi connectivity index (χ1) is 10.1. The second-order valence-corrected chi connectivity index (χ2v) is 7.33. The minimum absolute atomic E-state index is 0.721. The first-order valence-electron chi connectivity index (χ1n) is 8.22. The maximum absolute atomic E-state index is 6.36. The van der Waals surface area contributed by atoms with E-state index in [-0.39, 0.29) is 0 Å². The quantitative estimate of drug-likeness (QED) is 0.718. The van der Waals surface area contributed by atoms with Crippen molar-refractivity contribution in [2.24, 2.45) is 17.8 Å². The Hall–Kier alpha value is -0.240. The zero-order valence-corrected chi connectivity index (χ0v) is 14.7. The third kappa shape index (κ3) is 4.87. The average molecular weight is 328 g/mol. The van der Waals surface area contributed by atoms with Gasteiger partial charge in [-0.2, -0.15) is 0 Å². The van der Waals surface area contributed by atoms with Gasteiger partial charge in [0.25, 0.3) is 0 Å². The van der Waals surface area contributed by atoms with Crippen molar-refractivity contribution in [3.8, 4) is 0 Å². The SMILES string of the molecule is CCCC1CCC(CNC)C(Cc2cc(Cl)ccc2Cl)C1. The van der Waals surface area contributed by atoms with Gasteiger partial charge >= 0.3 is 0 Å². The highest BCUT2D eigenvalue weighted by molar-refractivity contribution is 6.33. The van der Waals surface area contributed by atoms with Crippen LogP contribution in [0.15, 0.2) is 18.2 Å². The van der Waals surface area contributed by atoms with Crippen molar-refractivity contribution in [3.63, 3.8) is 0 Å². The van der Waals surface area contributed by atoms with Crippen LogP contribution < -0.4 is 5.32 Å². The Labute approximate surface area is 139 Å². The van der Waals surface area contributed by atoms with Gasteiger partial charge in [-0.05, 0) is 74.4 Å². The largest absolute Gasteiger partial charge is 0.319 e. The lowest BCUT2D eigenvalue weighted by molar-refractivity contribution is 0.169. The highest BCUT2D eigenvalue weighted by Gasteiger charge is 2.30. The third-order valence-electron chi connectivity index (χ3n) is 4.90. The predicted octanol–water partition coefficient (Wildman–Crippen LogP) is 5.59. The summed E-state index contributed by atoms with van der Waals surface area (Å²) in [6.45, 7) is 3.41. The zero-order chi connectivity index (χ0) is 15.2. The van der Waals surface area contributed by atoms with E-state index in [2.05, 4.69) is 19.3 Å². The van der Waals surface area contributed by atoms with Crippen molar-refractivity contribution >= 4 is 23.2 Å². The van der Waals surface area contributed by atoms with Gasteiger partial charge in [-0.1, -0.05) is 49.4 Å². The molecule has 3 unspecified atom stereocenters. The van der Waals surface area contributed by atoms with Gasteiger partial charge in [0.05, 0.1) is 0 Å². The summed E-state index contributed by atoms with van der Waals surface area (Å²) < 4.78 is 0. The van der Waals surface area contributed by atoms with E-state index >= 15 is 0 Å². The lowest BCUT2D eigenvalue weighted by Gasteiger charge is -2.36. The van der Waals surface area contributed by atoms with Crippen LogP contribution in [0.25, 0.3) is 0 Å². The van der Waals surface area contributed by atoms with Gasteiger partial charge in [-0.3, -0.25) is 0 Å². The van der Waals surface area contributed by atoms with E-state index in [1.807, 2.05) is 18.2 Å². The van der Waals surface area contributed by atoms with Gasteiger partial charge in [0.15, 0.2) is 0 Å². The summed E-state index contributed by atoms with van der Waals surface area (Å²) in [7, 11) is 2.06. The van der Waals surface area contributed by atoms with Crippen molar-refractivity contribution in [1.29, 1.82) is 0 Å². The van der Waals surface area contributed by atoms with E-state index in [0.29, 0.717) is 0 Å². The maximum atomic E-state index is 6.36. The minimum atomic E-state index is 0.721. The van der Waals surface area contributed by atoms with Crippen molar-refractivity contribution < 1.29 is 0 Å². The first kappa shape index (κ1) is 17.1. The standard InChI is InChI=1S/C18H27Cl2N/c1-3-4-13-5-6-14(12-21-2)15(9-13)10-16-11-17(19)7-8-18(16)20/h7-8,11,13-15,21H,3-6,9-10,12H2,1-2H3. The molecule has 0 aliphatic heterocycles.